The average molecular weight is 122 g/mol. The summed E-state index contributed by atoms with van der Waals surface area (Å²) in [5.74, 6) is 9.98. The molecule has 0 saturated carbocycles. The molecule has 0 aromatic heterocycles. The minimum absolute atomic E-state index is 0.181. The minimum Gasteiger partial charge on any atom is -0.758 e. The molecule has 0 amide bonds. The fraction of sp³-hybridized carbons (Fsp3) is 1.00. The predicted octanol–water partition coefficient (Wildman–Crippen LogP) is -1.54. The van der Waals surface area contributed by atoms with Crippen molar-refractivity contribution in [2.75, 3.05) is 14.1 Å². The van der Waals surface area contributed by atoms with Gasteiger partial charge in [-0.25, -0.2) is 5.23 Å². The number of rotatable bonds is 2. The molecule has 6 heteroatoms. The van der Waals surface area contributed by atoms with Gasteiger partial charge in [0.25, 0.3) is 0 Å². The van der Waals surface area contributed by atoms with Crippen molar-refractivity contribution in [2.45, 2.75) is 0 Å². The zero-order valence-corrected chi connectivity index (χ0v) is 4.87. The van der Waals surface area contributed by atoms with Crippen LogP contribution < -0.4 is 11.7 Å². The third-order valence-corrected chi connectivity index (χ3v) is 0.291. The van der Waals surface area contributed by atoms with E-state index in [1.54, 1.807) is 0 Å². The molecular formula is C2H10N4O2. The minimum atomic E-state index is -0.806. The van der Waals surface area contributed by atoms with E-state index in [0.717, 1.165) is 7.05 Å². The van der Waals surface area contributed by atoms with Crippen LogP contribution >= 0.6 is 0 Å². The Kier molecular flexibility index (Phi) is 2.28. The van der Waals surface area contributed by atoms with Gasteiger partial charge in [0, 0.05) is 7.05 Å². The number of nitrogens with zero attached hydrogens (tertiary/aromatic N) is 2. The molecule has 6 nitrogen and oxygen atoms in total. The van der Waals surface area contributed by atoms with Crippen LogP contribution in [0, 0.1) is 5.21 Å². The van der Waals surface area contributed by atoms with Gasteiger partial charge in [-0.3, -0.25) is 0 Å². The van der Waals surface area contributed by atoms with Gasteiger partial charge >= 0.3 is 0 Å². The highest BCUT2D eigenvalue weighted by Gasteiger charge is 2.08. The number of nitrogens with two attached hydrogens (primary N) is 2. The van der Waals surface area contributed by atoms with Gasteiger partial charge in [0.1, 0.15) is 7.05 Å². The zero-order chi connectivity index (χ0) is 6.78. The molecule has 0 bridgehead atoms. The summed E-state index contributed by atoms with van der Waals surface area (Å²) in [6.45, 7) is 0. The van der Waals surface area contributed by atoms with E-state index in [1.165, 1.54) is 7.05 Å². The standard InChI is InChI=1S/C2H10N4O2/c1-5(7)8-6(2,3)4/h3-4H2,1-2H3. The van der Waals surface area contributed by atoms with Crippen molar-refractivity contribution in [3.05, 3.63) is 5.21 Å². The van der Waals surface area contributed by atoms with Crippen molar-refractivity contribution >= 4 is 0 Å². The first-order chi connectivity index (χ1) is 3.42. The lowest BCUT2D eigenvalue weighted by atomic mass is 11.4. The number of quaternary nitrogens is 1. The molecular weight excluding hydrogens is 112 g/mol. The quantitative estimate of drug-likeness (QED) is 0.263. The summed E-state index contributed by atoms with van der Waals surface area (Å²) in [4.78, 5) is 3.40. The Morgan fingerprint density at radius 2 is 2.00 bits per heavy atom. The van der Waals surface area contributed by atoms with Gasteiger partial charge in [0.05, 0.1) is 0 Å². The average Bonchev–Trinajstić information content (AvgIpc) is 1.21. The van der Waals surface area contributed by atoms with E-state index in [9.17, 15) is 5.21 Å². The molecule has 0 spiro atoms. The van der Waals surface area contributed by atoms with E-state index < -0.39 is 4.86 Å². The summed E-state index contributed by atoms with van der Waals surface area (Å²) in [5.41, 5.74) is 0. The normalized spacial score (nSPS) is 12.8. The zero-order valence-electron chi connectivity index (χ0n) is 4.87. The molecule has 0 aliphatic rings. The van der Waals surface area contributed by atoms with Crippen LogP contribution in [-0.4, -0.2) is 24.2 Å². The topological polar surface area (TPSA) is 87.6 Å². The van der Waals surface area contributed by atoms with Gasteiger partial charge in [-0.05, 0) is 4.86 Å². The van der Waals surface area contributed by atoms with Crippen LogP contribution in [0.4, 0.5) is 0 Å². The van der Waals surface area contributed by atoms with Gasteiger partial charge in [-0.1, -0.05) is 4.94 Å². The molecule has 0 heterocycles. The molecule has 0 saturated heterocycles. The van der Waals surface area contributed by atoms with Crippen LogP contribution in [0.15, 0.2) is 0 Å². The summed E-state index contributed by atoms with van der Waals surface area (Å²) in [6, 6.07) is 0. The van der Waals surface area contributed by atoms with Gasteiger partial charge in [-0.2, -0.15) is 0 Å². The molecule has 0 aliphatic carbocycles. The van der Waals surface area contributed by atoms with E-state index in [1.807, 2.05) is 0 Å². The molecule has 4 N–H and O–H groups in total. The third-order valence-electron chi connectivity index (χ3n) is 0.291. The van der Waals surface area contributed by atoms with E-state index in [4.69, 9.17) is 11.7 Å². The number of hydrogen-bond acceptors (Lipinski definition) is 5. The van der Waals surface area contributed by atoms with Crippen molar-refractivity contribution in [1.29, 1.82) is 0 Å². The Hall–Kier alpha value is -0.240. The molecule has 0 atom stereocenters. The number of hydrogen-bond donors (Lipinski definition) is 2. The Morgan fingerprint density at radius 1 is 1.62 bits per heavy atom. The van der Waals surface area contributed by atoms with Crippen LogP contribution in [0.3, 0.4) is 0 Å². The van der Waals surface area contributed by atoms with Crippen LogP contribution in [0.25, 0.3) is 0 Å². The third kappa shape index (κ3) is 5.76. The summed E-state index contributed by atoms with van der Waals surface area (Å²) < 4.78 is 0. The lowest BCUT2D eigenvalue weighted by Gasteiger charge is -2.26. The monoisotopic (exact) mass is 122 g/mol. The van der Waals surface area contributed by atoms with Crippen LogP contribution in [-0.2, 0) is 4.94 Å². The Bertz CT molecular complexity index is 66.9. The summed E-state index contributed by atoms with van der Waals surface area (Å²) in [5, 5.41) is 10.2. The predicted molar refractivity (Wildman–Crippen MR) is 26.8 cm³/mol. The van der Waals surface area contributed by atoms with Gasteiger partial charge in [-0.15, -0.1) is 11.7 Å². The van der Waals surface area contributed by atoms with E-state index in [2.05, 4.69) is 4.94 Å². The van der Waals surface area contributed by atoms with Crippen molar-refractivity contribution in [2.24, 2.45) is 11.7 Å². The maximum Gasteiger partial charge on any atom is 0.140 e. The van der Waals surface area contributed by atoms with E-state index in [0.29, 0.717) is 0 Å². The van der Waals surface area contributed by atoms with E-state index in [-0.39, 0.29) is 5.23 Å². The molecule has 0 unspecified atom stereocenters. The molecule has 50 valence electrons. The van der Waals surface area contributed by atoms with Crippen LogP contribution in [0.2, 0.25) is 0 Å². The highest BCUT2D eigenvalue weighted by atomic mass is 17.0. The molecule has 0 radical (unpaired) electrons. The maximum absolute atomic E-state index is 9.98. The maximum atomic E-state index is 9.98. The Labute approximate surface area is 47.2 Å². The number of hydroxylamine groups is 3. The lowest BCUT2D eigenvalue weighted by Crippen LogP contribution is -2.58. The second-order valence-electron chi connectivity index (χ2n) is 1.58. The van der Waals surface area contributed by atoms with E-state index >= 15 is 0 Å². The highest BCUT2D eigenvalue weighted by molar-refractivity contribution is 4.17. The molecule has 0 aliphatic heterocycles. The summed E-state index contributed by atoms with van der Waals surface area (Å²) in [6.07, 6.45) is 0. The smallest absolute Gasteiger partial charge is 0.140 e. The van der Waals surface area contributed by atoms with Gasteiger partial charge < -0.3 is 5.21 Å². The first kappa shape index (κ1) is 7.76. The first-order valence-corrected chi connectivity index (χ1v) is 1.96. The van der Waals surface area contributed by atoms with Crippen molar-refractivity contribution < 1.29 is 9.80 Å². The van der Waals surface area contributed by atoms with Crippen molar-refractivity contribution in [3.63, 3.8) is 0 Å². The second-order valence-corrected chi connectivity index (χ2v) is 1.58. The van der Waals surface area contributed by atoms with Crippen LogP contribution in [0.1, 0.15) is 0 Å². The molecule has 0 rings (SSSR count). The summed E-state index contributed by atoms with van der Waals surface area (Å²) >= 11 is 0. The molecule has 8 heavy (non-hydrogen) atoms. The Morgan fingerprint density at radius 3 is 2.00 bits per heavy atom. The highest BCUT2D eigenvalue weighted by Crippen LogP contribution is 1.84. The Balaban J connectivity index is 3.39. The largest absolute Gasteiger partial charge is 0.758 e. The van der Waals surface area contributed by atoms with Gasteiger partial charge in [0.15, 0.2) is 0 Å². The lowest BCUT2D eigenvalue weighted by molar-refractivity contribution is -1.13. The summed E-state index contributed by atoms with van der Waals surface area (Å²) in [7, 11) is 2.46. The van der Waals surface area contributed by atoms with Crippen LogP contribution in [0.5, 0.6) is 0 Å². The van der Waals surface area contributed by atoms with Crippen molar-refractivity contribution in [3.8, 4) is 0 Å². The second kappa shape index (κ2) is 2.35. The molecule has 0 aromatic carbocycles. The molecule has 0 fully saturated rings. The fourth-order valence-corrected chi connectivity index (χ4v) is 0.248. The van der Waals surface area contributed by atoms with Crippen molar-refractivity contribution in [1.82, 2.24) is 5.23 Å². The van der Waals surface area contributed by atoms with Gasteiger partial charge in [0.2, 0.25) is 0 Å². The SMILES string of the molecule is CN([O-])O[N+](C)(N)N. The molecule has 0 aromatic rings. The fourth-order valence-electron chi connectivity index (χ4n) is 0.248. The first-order valence-electron chi connectivity index (χ1n) is 1.96.